The van der Waals surface area contributed by atoms with E-state index in [0.29, 0.717) is 6.61 Å². The fourth-order valence-electron chi connectivity index (χ4n) is 2.68. The summed E-state index contributed by atoms with van der Waals surface area (Å²) in [6.45, 7) is 10.4. The van der Waals surface area contributed by atoms with Gasteiger partial charge in [0, 0.05) is 6.54 Å². The van der Waals surface area contributed by atoms with Crippen LogP contribution in [0.2, 0.25) is 0 Å². The molecule has 0 saturated carbocycles. The highest BCUT2D eigenvalue weighted by molar-refractivity contribution is 5.80. The number of ether oxygens (including phenoxy) is 1. The van der Waals surface area contributed by atoms with Crippen molar-refractivity contribution in [2.24, 2.45) is 0 Å². The number of nitrogens with zero attached hydrogens (tertiary/aromatic N) is 1. The van der Waals surface area contributed by atoms with Gasteiger partial charge >= 0.3 is 5.97 Å². The van der Waals surface area contributed by atoms with Crippen molar-refractivity contribution in [3.05, 3.63) is 0 Å². The van der Waals surface area contributed by atoms with Crippen LogP contribution in [0.1, 0.15) is 52.9 Å². The highest BCUT2D eigenvalue weighted by atomic mass is 16.5. The Morgan fingerprint density at radius 2 is 1.84 bits per heavy atom. The zero-order chi connectivity index (χ0) is 14.1. The summed E-state index contributed by atoms with van der Waals surface area (Å²) in [5.41, 5.74) is -0.545. The van der Waals surface area contributed by atoms with E-state index in [2.05, 4.69) is 10.2 Å². The molecule has 0 amide bonds. The molecule has 1 rings (SSSR count). The van der Waals surface area contributed by atoms with E-state index < -0.39 is 5.54 Å². The largest absolute Gasteiger partial charge is 0.465 e. The number of hydrogen-bond donors (Lipinski definition) is 1. The maximum Gasteiger partial charge on any atom is 0.326 e. The normalized spacial score (nSPS) is 20.6. The number of likely N-dealkylation sites (N-methyl/N-ethyl adjacent to an activating group) is 1. The molecule has 0 bridgehead atoms. The van der Waals surface area contributed by atoms with Crippen molar-refractivity contribution < 1.29 is 9.53 Å². The number of rotatable bonds is 7. The molecule has 0 aliphatic carbocycles. The van der Waals surface area contributed by atoms with Crippen LogP contribution >= 0.6 is 0 Å². The molecular weight excluding hydrogens is 240 g/mol. The van der Waals surface area contributed by atoms with Gasteiger partial charge in [0.2, 0.25) is 0 Å². The Morgan fingerprint density at radius 3 is 2.37 bits per heavy atom. The monoisotopic (exact) mass is 270 g/mol. The first-order chi connectivity index (χ1) is 9.12. The Hall–Kier alpha value is -0.610. The zero-order valence-electron chi connectivity index (χ0n) is 12.8. The number of carbonyl (C=O) groups excluding carboxylic acids is 1. The molecule has 1 aliphatic rings. The Kier molecular flexibility index (Phi) is 7.39. The van der Waals surface area contributed by atoms with Crippen molar-refractivity contribution in [1.82, 2.24) is 10.2 Å². The molecule has 0 aromatic heterocycles. The molecule has 1 fully saturated rings. The van der Waals surface area contributed by atoms with E-state index in [4.69, 9.17) is 4.74 Å². The fraction of sp³-hybridized carbons (Fsp3) is 0.933. The second kappa shape index (κ2) is 8.54. The molecule has 0 spiro atoms. The topological polar surface area (TPSA) is 41.6 Å². The molecule has 1 atom stereocenters. The van der Waals surface area contributed by atoms with Crippen molar-refractivity contribution in [2.75, 3.05) is 32.8 Å². The van der Waals surface area contributed by atoms with Crippen LogP contribution in [0.3, 0.4) is 0 Å². The van der Waals surface area contributed by atoms with Crippen molar-refractivity contribution in [3.8, 4) is 0 Å². The third-order valence-electron chi connectivity index (χ3n) is 3.92. The van der Waals surface area contributed by atoms with Gasteiger partial charge in [0.05, 0.1) is 6.61 Å². The molecule has 1 saturated heterocycles. The van der Waals surface area contributed by atoms with Gasteiger partial charge in [-0.05, 0) is 52.7 Å². The van der Waals surface area contributed by atoms with Crippen LogP contribution in [0, 0.1) is 0 Å². The van der Waals surface area contributed by atoms with Crippen molar-refractivity contribution >= 4 is 5.97 Å². The van der Waals surface area contributed by atoms with Gasteiger partial charge in [0.25, 0.3) is 0 Å². The summed E-state index contributed by atoms with van der Waals surface area (Å²) >= 11 is 0. The van der Waals surface area contributed by atoms with Crippen LogP contribution in [-0.2, 0) is 9.53 Å². The summed E-state index contributed by atoms with van der Waals surface area (Å²) in [6, 6.07) is 0. The number of hydrogen-bond acceptors (Lipinski definition) is 4. The lowest BCUT2D eigenvalue weighted by molar-refractivity contribution is -0.151. The summed E-state index contributed by atoms with van der Waals surface area (Å²) in [6.07, 6.45) is 6.09. The van der Waals surface area contributed by atoms with E-state index >= 15 is 0 Å². The van der Waals surface area contributed by atoms with Gasteiger partial charge in [0.15, 0.2) is 0 Å². The maximum absolute atomic E-state index is 12.1. The van der Waals surface area contributed by atoms with E-state index in [1.807, 2.05) is 20.8 Å². The average Bonchev–Trinajstić information content (AvgIpc) is 2.65. The molecule has 0 radical (unpaired) electrons. The van der Waals surface area contributed by atoms with Gasteiger partial charge in [0.1, 0.15) is 5.54 Å². The van der Waals surface area contributed by atoms with E-state index in [9.17, 15) is 4.79 Å². The van der Waals surface area contributed by atoms with Gasteiger partial charge in [-0.2, -0.15) is 0 Å². The number of likely N-dealkylation sites (tertiary alicyclic amines) is 1. The lowest BCUT2D eigenvalue weighted by Gasteiger charge is -2.31. The van der Waals surface area contributed by atoms with Crippen LogP contribution in [0.5, 0.6) is 0 Å². The number of esters is 1. The van der Waals surface area contributed by atoms with Crippen molar-refractivity contribution in [3.63, 3.8) is 0 Å². The first kappa shape index (κ1) is 16.4. The molecule has 0 aromatic rings. The molecule has 0 aromatic carbocycles. The third-order valence-corrected chi connectivity index (χ3v) is 3.92. The molecule has 1 unspecified atom stereocenters. The SMILES string of the molecule is CCNC(C)(CCN1CCCCCC1)C(=O)OCC. The van der Waals surface area contributed by atoms with E-state index in [-0.39, 0.29) is 5.97 Å². The highest BCUT2D eigenvalue weighted by Crippen LogP contribution is 2.16. The van der Waals surface area contributed by atoms with Gasteiger partial charge in [-0.3, -0.25) is 4.79 Å². The predicted molar refractivity (Wildman–Crippen MR) is 78.2 cm³/mol. The van der Waals surface area contributed by atoms with Crippen LogP contribution in [0.4, 0.5) is 0 Å². The fourth-order valence-corrected chi connectivity index (χ4v) is 2.68. The summed E-state index contributed by atoms with van der Waals surface area (Å²) in [4.78, 5) is 14.6. The quantitative estimate of drug-likeness (QED) is 0.720. The number of carbonyl (C=O) groups is 1. The first-order valence-corrected chi connectivity index (χ1v) is 7.77. The average molecular weight is 270 g/mol. The van der Waals surface area contributed by atoms with Gasteiger partial charge in [-0.1, -0.05) is 19.8 Å². The summed E-state index contributed by atoms with van der Waals surface area (Å²) in [7, 11) is 0. The molecule has 19 heavy (non-hydrogen) atoms. The smallest absolute Gasteiger partial charge is 0.326 e. The van der Waals surface area contributed by atoms with E-state index in [0.717, 1.165) is 19.5 Å². The number of nitrogens with one attached hydrogen (secondary N) is 1. The van der Waals surface area contributed by atoms with Crippen molar-refractivity contribution in [2.45, 2.75) is 58.4 Å². The van der Waals surface area contributed by atoms with Gasteiger partial charge in [-0.15, -0.1) is 0 Å². The summed E-state index contributed by atoms with van der Waals surface area (Å²) < 4.78 is 5.20. The standard InChI is InChI=1S/C15H30N2O2/c1-4-16-15(3,14(18)19-5-2)10-13-17-11-8-6-7-9-12-17/h16H,4-13H2,1-3H3. The lowest BCUT2D eigenvalue weighted by Crippen LogP contribution is -2.52. The van der Waals surface area contributed by atoms with E-state index in [1.165, 1.54) is 38.8 Å². The molecule has 1 N–H and O–H groups in total. The van der Waals surface area contributed by atoms with E-state index in [1.54, 1.807) is 0 Å². The Bertz CT molecular complexity index is 263. The Balaban J connectivity index is 2.49. The molecule has 1 aliphatic heterocycles. The lowest BCUT2D eigenvalue weighted by atomic mass is 9.97. The summed E-state index contributed by atoms with van der Waals surface area (Å²) in [5, 5.41) is 3.30. The van der Waals surface area contributed by atoms with Crippen LogP contribution in [0.25, 0.3) is 0 Å². The second-order valence-corrected chi connectivity index (χ2v) is 5.59. The molecule has 4 heteroatoms. The van der Waals surface area contributed by atoms with Crippen LogP contribution in [-0.4, -0.2) is 49.2 Å². The minimum Gasteiger partial charge on any atom is -0.465 e. The predicted octanol–water partition coefficient (Wildman–Crippen LogP) is 2.18. The minimum atomic E-state index is -0.545. The van der Waals surface area contributed by atoms with Crippen LogP contribution < -0.4 is 5.32 Å². The van der Waals surface area contributed by atoms with Crippen molar-refractivity contribution in [1.29, 1.82) is 0 Å². The first-order valence-electron chi connectivity index (χ1n) is 7.77. The Labute approximate surface area is 117 Å². The van der Waals surface area contributed by atoms with Crippen LogP contribution in [0.15, 0.2) is 0 Å². The van der Waals surface area contributed by atoms with Gasteiger partial charge in [-0.25, -0.2) is 0 Å². The zero-order valence-corrected chi connectivity index (χ0v) is 12.8. The molecule has 4 nitrogen and oxygen atoms in total. The summed E-state index contributed by atoms with van der Waals surface area (Å²) in [5.74, 6) is -0.119. The Morgan fingerprint density at radius 1 is 1.21 bits per heavy atom. The highest BCUT2D eigenvalue weighted by Gasteiger charge is 2.33. The molecule has 1 heterocycles. The van der Waals surface area contributed by atoms with Gasteiger partial charge < -0.3 is 15.0 Å². The maximum atomic E-state index is 12.1. The molecular formula is C15H30N2O2. The third kappa shape index (κ3) is 5.49. The molecule has 112 valence electrons. The second-order valence-electron chi connectivity index (χ2n) is 5.59. The minimum absolute atomic E-state index is 0.119.